The second-order valence-electron chi connectivity index (χ2n) is 7.88. The highest BCUT2D eigenvalue weighted by atomic mass is 16.5. The molecule has 2 rings (SSSR count). The summed E-state index contributed by atoms with van der Waals surface area (Å²) in [5, 5.41) is 20.1. The highest BCUT2D eigenvalue weighted by Crippen LogP contribution is 2.26. The molecular weight excluding hydrogens is 380 g/mol. The maximum absolute atomic E-state index is 13.1. The maximum atomic E-state index is 13.1. The zero-order valence-electron chi connectivity index (χ0n) is 18.2. The number of nitriles is 1. The molecule has 1 N–H and O–H groups in total. The van der Waals surface area contributed by atoms with Crippen LogP contribution in [-0.4, -0.2) is 22.1 Å². The van der Waals surface area contributed by atoms with E-state index in [4.69, 9.17) is 4.74 Å². The molecule has 2 aromatic rings. The van der Waals surface area contributed by atoms with Crippen molar-refractivity contribution in [3.05, 3.63) is 56.9 Å². The topological polar surface area (TPSA) is 92.3 Å². The number of carbonyl (C=O) groups excluding carboxylic acids is 1. The van der Waals surface area contributed by atoms with Gasteiger partial charge in [-0.2, -0.15) is 5.26 Å². The van der Waals surface area contributed by atoms with Crippen LogP contribution in [0.25, 0.3) is 0 Å². The van der Waals surface area contributed by atoms with Crippen LogP contribution in [0.5, 0.6) is 11.6 Å². The average molecular weight is 411 g/mol. The van der Waals surface area contributed by atoms with E-state index in [0.717, 1.165) is 17.4 Å². The van der Waals surface area contributed by atoms with Gasteiger partial charge in [-0.05, 0) is 49.1 Å². The van der Waals surface area contributed by atoms with E-state index in [0.29, 0.717) is 17.9 Å². The summed E-state index contributed by atoms with van der Waals surface area (Å²) in [5.74, 6) is -0.106. The Morgan fingerprint density at radius 3 is 2.43 bits per heavy atom. The SMILES string of the molecule is CCCCCCOc1ccc(C(=O)c2c(C)c(C#N)c(=O)n(CC(C)C)c2O)cc1. The lowest BCUT2D eigenvalue weighted by molar-refractivity contribution is 0.103. The molecule has 0 radical (unpaired) electrons. The van der Waals surface area contributed by atoms with Crippen LogP contribution in [-0.2, 0) is 6.54 Å². The van der Waals surface area contributed by atoms with Crippen LogP contribution in [0.4, 0.5) is 0 Å². The Morgan fingerprint density at radius 2 is 1.87 bits per heavy atom. The van der Waals surface area contributed by atoms with Crippen molar-refractivity contribution in [2.75, 3.05) is 6.61 Å². The fourth-order valence-corrected chi connectivity index (χ4v) is 3.32. The highest BCUT2D eigenvalue weighted by molar-refractivity contribution is 6.11. The number of aromatic hydroxyl groups is 1. The molecule has 0 spiro atoms. The molecule has 0 bridgehead atoms. The van der Waals surface area contributed by atoms with Gasteiger partial charge in [-0.15, -0.1) is 0 Å². The third kappa shape index (κ3) is 5.29. The van der Waals surface area contributed by atoms with Crippen molar-refractivity contribution >= 4 is 5.78 Å². The summed E-state index contributed by atoms with van der Waals surface area (Å²) in [6.07, 6.45) is 4.46. The zero-order chi connectivity index (χ0) is 22.3. The van der Waals surface area contributed by atoms with Crippen LogP contribution in [0.15, 0.2) is 29.1 Å². The minimum Gasteiger partial charge on any atom is -0.494 e. The predicted molar refractivity (Wildman–Crippen MR) is 116 cm³/mol. The van der Waals surface area contributed by atoms with Gasteiger partial charge in [0.15, 0.2) is 5.78 Å². The molecule has 0 saturated carbocycles. The Hall–Kier alpha value is -3.07. The molecule has 1 aromatic carbocycles. The van der Waals surface area contributed by atoms with Crippen LogP contribution >= 0.6 is 0 Å². The lowest BCUT2D eigenvalue weighted by Crippen LogP contribution is -2.28. The number of carbonyl (C=O) groups is 1. The molecule has 0 aliphatic carbocycles. The van der Waals surface area contributed by atoms with Crippen LogP contribution in [0.1, 0.15) is 73.5 Å². The minimum atomic E-state index is -0.579. The van der Waals surface area contributed by atoms with Gasteiger partial charge >= 0.3 is 0 Å². The summed E-state index contributed by atoms with van der Waals surface area (Å²) in [4.78, 5) is 25.7. The number of hydrogen-bond acceptors (Lipinski definition) is 5. The first-order valence-corrected chi connectivity index (χ1v) is 10.5. The molecule has 1 heterocycles. The first kappa shape index (κ1) is 23.2. The monoisotopic (exact) mass is 410 g/mol. The summed E-state index contributed by atoms with van der Waals surface area (Å²) >= 11 is 0. The molecule has 0 amide bonds. The summed E-state index contributed by atoms with van der Waals surface area (Å²) < 4.78 is 6.81. The number of ketones is 1. The average Bonchev–Trinajstić information content (AvgIpc) is 2.71. The van der Waals surface area contributed by atoms with Gasteiger partial charge in [-0.3, -0.25) is 14.2 Å². The van der Waals surface area contributed by atoms with E-state index in [1.165, 1.54) is 19.8 Å². The van der Waals surface area contributed by atoms with Crippen molar-refractivity contribution in [1.82, 2.24) is 4.57 Å². The molecule has 0 atom stereocenters. The van der Waals surface area contributed by atoms with Crippen molar-refractivity contribution in [2.24, 2.45) is 5.92 Å². The lowest BCUT2D eigenvalue weighted by Gasteiger charge is -2.17. The van der Waals surface area contributed by atoms with E-state index < -0.39 is 17.2 Å². The van der Waals surface area contributed by atoms with Gasteiger partial charge in [-0.1, -0.05) is 40.0 Å². The zero-order valence-corrected chi connectivity index (χ0v) is 18.2. The van der Waals surface area contributed by atoms with Crippen LogP contribution < -0.4 is 10.3 Å². The summed E-state index contributed by atoms with van der Waals surface area (Å²) in [7, 11) is 0. The number of aromatic nitrogens is 1. The molecule has 160 valence electrons. The number of hydrogen-bond donors (Lipinski definition) is 1. The van der Waals surface area contributed by atoms with Crippen molar-refractivity contribution in [2.45, 2.75) is 59.9 Å². The summed E-state index contributed by atoms with van der Waals surface area (Å²) in [6, 6.07) is 8.58. The smallest absolute Gasteiger partial charge is 0.271 e. The van der Waals surface area contributed by atoms with Crippen molar-refractivity contribution in [3.8, 4) is 17.7 Å². The number of benzene rings is 1. The van der Waals surface area contributed by atoms with Crippen molar-refractivity contribution in [3.63, 3.8) is 0 Å². The van der Waals surface area contributed by atoms with Gasteiger partial charge in [0.05, 0.1) is 12.2 Å². The second-order valence-corrected chi connectivity index (χ2v) is 7.88. The van der Waals surface area contributed by atoms with Gasteiger partial charge in [-0.25, -0.2) is 0 Å². The Morgan fingerprint density at radius 1 is 1.20 bits per heavy atom. The molecule has 0 aliphatic heterocycles. The lowest BCUT2D eigenvalue weighted by atomic mass is 9.97. The first-order valence-electron chi connectivity index (χ1n) is 10.5. The van der Waals surface area contributed by atoms with Crippen LogP contribution in [0.3, 0.4) is 0 Å². The number of nitrogens with zero attached hydrogens (tertiary/aromatic N) is 2. The Labute approximate surface area is 177 Å². The second kappa shape index (κ2) is 10.6. The number of pyridine rings is 1. The number of unbranched alkanes of at least 4 members (excludes halogenated alkanes) is 3. The highest BCUT2D eigenvalue weighted by Gasteiger charge is 2.25. The first-order chi connectivity index (χ1) is 14.3. The Bertz CT molecular complexity index is 982. The molecule has 6 heteroatoms. The minimum absolute atomic E-state index is 0.0139. The normalized spacial score (nSPS) is 10.8. The number of rotatable bonds is 10. The fourth-order valence-electron chi connectivity index (χ4n) is 3.32. The van der Waals surface area contributed by atoms with E-state index in [-0.39, 0.29) is 29.2 Å². The Kier molecular flexibility index (Phi) is 8.23. The van der Waals surface area contributed by atoms with E-state index in [9.17, 15) is 20.0 Å². The van der Waals surface area contributed by atoms with Crippen LogP contribution in [0, 0.1) is 24.2 Å². The molecule has 30 heavy (non-hydrogen) atoms. The standard InChI is InChI=1S/C24H30N2O4/c1-5-6-7-8-13-30-19-11-9-18(10-12-19)22(27)21-17(4)20(14-25)23(28)26(24(21)29)15-16(2)3/h9-12,16,29H,5-8,13,15H2,1-4H3. The third-order valence-electron chi connectivity index (χ3n) is 4.96. The molecule has 1 aromatic heterocycles. The third-order valence-corrected chi connectivity index (χ3v) is 4.96. The maximum Gasteiger partial charge on any atom is 0.271 e. The molecular formula is C24H30N2O4. The molecule has 0 aliphatic rings. The molecule has 6 nitrogen and oxygen atoms in total. The quantitative estimate of drug-likeness (QED) is 0.457. The van der Waals surface area contributed by atoms with Gasteiger partial charge in [0.25, 0.3) is 5.56 Å². The molecule has 0 fully saturated rings. The van der Waals surface area contributed by atoms with Crippen molar-refractivity contribution in [1.29, 1.82) is 5.26 Å². The molecule has 0 saturated heterocycles. The predicted octanol–water partition coefficient (Wildman–Crippen LogP) is 4.58. The van der Waals surface area contributed by atoms with E-state index in [1.54, 1.807) is 24.3 Å². The molecule has 0 unspecified atom stereocenters. The van der Waals surface area contributed by atoms with E-state index in [2.05, 4.69) is 6.92 Å². The largest absolute Gasteiger partial charge is 0.494 e. The fraction of sp³-hybridized carbons (Fsp3) is 0.458. The van der Waals surface area contributed by atoms with Gasteiger partial charge in [0, 0.05) is 12.1 Å². The summed E-state index contributed by atoms with van der Waals surface area (Å²) in [6.45, 7) is 8.29. The van der Waals surface area contributed by atoms with E-state index in [1.807, 2.05) is 19.9 Å². The van der Waals surface area contributed by atoms with Gasteiger partial charge in [0.2, 0.25) is 5.88 Å². The van der Waals surface area contributed by atoms with Gasteiger partial charge in [0.1, 0.15) is 17.4 Å². The Balaban J connectivity index is 2.32. The van der Waals surface area contributed by atoms with Crippen LogP contribution in [0.2, 0.25) is 0 Å². The van der Waals surface area contributed by atoms with Crippen molar-refractivity contribution < 1.29 is 14.6 Å². The van der Waals surface area contributed by atoms with Gasteiger partial charge < -0.3 is 9.84 Å². The summed E-state index contributed by atoms with van der Waals surface area (Å²) in [5.41, 5.74) is -0.167. The number of ether oxygens (including phenoxy) is 1. The van der Waals surface area contributed by atoms with E-state index >= 15 is 0 Å².